The summed E-state index contributed by atoms with van der Waals surface area (Å²) in [4.78, 5) is 26.0. The summed E-state index contributed by atoms with van der Waals surface area (Å²) in [5, 5.41) is 12.3. The number of aromatic nitrogens is 1. The molecular formula is C15H15FN2O3. The monoisotopic (exact) mass is 290 g/mol. The fourth-order valence-electron chi connectivity index (χ4n) is 1.99. The summed E-state index contributed by atoms with van der Waals surface area (Å²) in [6, 6.07) is 7.37. The maximum absolute atomic E-state index is 13.5. The van der Waals surface area contributed by atoms with Crippen LogP contribution < -0.4 is 10.9 Å². The van der Waals surface area contributed by atoms with E-state index in [4.69, 9.17) is 0 Å². The lowest BCUT2D eigenvalue weighted by molar-refractivity contribution is 0.0912. The highest BCUT2D eigenvalue weighted by atomic mass is 19.1. The second-order valence-corrected chi connectivity index (χ2v) is 4.61. The first-order valence-corrected chi connectivity index (χ1v) is 6.39. The molecule has 110 valence electrons. The number of aliphatic hydroxyl groups is 1. The van der Waals surface area contributed by atoms with Crippen molar-refractivity contribution < 1.29 is 14.3 Å². The van der Waals surface area contributed by atoms with E-state index < -0.39 is 23.4 Å². The quantitative estimate of drug-likeness (QED) is 0.793. The number of hydrogen-bond acceptors (Lipinski definition) is 3. The number of hydrogen-bond donors (Lipinski definition) is 3. The molecule has 0 radical (unpaired) electrons. The summed E-state index contributed by atoms with van der Waals surface area (Å²) in [6.07, 6.45) is 0.265. The van der Waals surface area contributed by atoms with Gasteiger partial charge in [0.05, 0.1) is 6.10 Å². The molecule has 3 N–H and O–H groups in total. The van der Waals surface area contributed by atoms with Crippen molar-refractivity contribution in [3.05, 3.63) is 69.4 Å². The number of aryl methyl sites for hydroxylation is 1. The standard InChI is InChI=1S/C15H15FN2O3/c1-9-6-7-17-14(20)13(9)15(21)18-8-12(19)10-4-2-3-5-11(10)16/h2-7,12,19H,8H2,1H3,(H,17,20)(H,18,21). The molecule has 0 aliphatic rings. The number of aromatic amines is 1. The zero-order valence-electron chi connectivity index (χ0n) is 11.4. The lowest BCUT2D eigenvalue weighted by Gasteiger charge is -2.13. The first kappa shape index (κ1) is 14.9. The third-order valence-electron chi connectivity index (χ3n) is 3.12. The fraction of sp³-hybridized carbons (Fsp3) is 0.200. The number of rotatable bonds is 4. The van der Waals surface area contributed by atoms with Gasteiger partial charge in [0.25, 0.3) is 11.5 Å². The maximum atomic E-state index is 13.5. The zero-order chi connectivity index (χ0) is 15.4. The number of carbonyl (C=O) groups is 1. The first-order chi connectivity index (χ1) is 10.0. The van der Waals surface area contributed by atoms with Crippen LogP contribution >= 0.6 is 0 Å². The second-order valence-electron chi connectivity index (χ2n) is 4.61. The second kappa shape index (κ2) is 6.32. The van der Waals surface area contributed by atoms with Crippen molar-refractivity contribution in [1.82, 2.24) is 10.3 Å². The van der Waals surface area contributed by atoms with Crippen LogP contribution in [-0.2, 0) is 0 Å². The Bertz CT molecular complexity index is 712. The Labute approximate surface area is 120 Å². The first-order valence-electron chi connectivity index (χ1n) is 6.39. The van der Waals surface area contributed by atoms with Crippen molar-refractivity contribution in [3.63, 3.8) is 0 Å². The van der Waals surface area contributed by atoms with E-state index in [2.05, 4.69) is 10.3 Å². The van der Waals surface area contributed by atoms with Crippen LogP contribution in [-0.4, -0.2) is 22.5 Å². The summed E-state index contributed by atoms with van der Waals surface area (Å²) in [6.45, 7) is 1.45. The van der Waals surface area contributed by atoms with Gasteiger partial charge in [-0.05, 0) is 24.6 Å². The number of halogens is 1. The van der Waals surface area contributed by atoms with Gasteiger partial charge in [-0.25, -0.2) is 4.39 Å². The van der Waals surface area contributed by atoms with Crippen LogP contribution in [0, 0.1) is 12.7 Å². The van der Waals surface area contributed by atoms with Crippen LogP contribution in [0.4, 0.5) is 4.39 Å². The predicted octanol–water partition coefficient (Wildman–Crippen LogP) is 1.29. The van der Waals surface area contributed by atoms with Crippen LogP contribution in [0.1, 0.15) is 27.6 Å². The highest BCUT2D eigenvalue weighted by Gasteiger charge is 2.17. The van der Waals surface area contributed by atoms with Crippen molar-refractivity contribution in [3.8, 4) is 0 Å². The number of H-pyrrole nitrogens is 1. The van der Waals surface area contributed by atoms with Gasteiger partial charge >= 0.3 is 0 Å². The largest absolute Gasteiger partial charge is 0.386 e. The lowest BCUT2D eigenvalue weighted by atomic mass is 10.1. The molecule has 0 aliphatic heterocycles. The van der Waals surface area contributed by atoms with Gasteiger partial charge in [0.2, 0.25) is 0 Å². The molecule has 0 saturated carbocycles. The van der Waals surface area contributed by atoms with Gasteiger partial charge < -0.3 is 15.4 Å². The molecule has 0 aliphatic carbocycles. The maximum Gasteiger partial charge on any atom is 0.261 e. The molecule has 1 unspecified atom stereocenters. The van der Waals surface area contributed by atoms with Crippen LogP contribution in [0.3, 0.4) is 0 Å². The summed E-state index contributed by atoms with van der Waals surface area (Å²) in [7, 11) is 0. The molecule has 0 bridgehead atoms. The van der Waals surface area contributed by atoms with E-state index in [9.17, 15) is 19.1 Å². The highest BCUT2D eigenvalue weighted by molar-refractivity contribution is 5.95. The van der Waals surface area contributed by atoms with Crippen LogP contribution in [0.25, 0.3) is 0 Å². The molecule has 1 heterocycles. The Balaban J connectivity index is 2.08. The smallest absolute Gasteiger partial charge is 0.261 e. The molecule has 21 heavy (non-hydrogen) atoms. The third-order valence-corrected chi connectivity index (χ3v) is 3.12. The fourth-order valence-corrected chi connectivity index (χ4v) is 1.99. The molecule has 1 aromatic heterocycles. The van der Waals surface area contributed by atoms with Gasteiger partial charge in [0.15, 0.2) is 0 Å². The topological polar surface area (TPSA) is 82.2 Å². The summed E-state index contributed by atoms with van der Waals surface area (Å²) in [5.74, 6) is -1.15. The van der Waals surface area contributed by atoms with E-state index in [0.717, 1.165) is 0 Å². The molecule has 0 saturated heterocycles. The van der Waals surface area contributed by atoms with Gasteiger partial charge in [0, 0.05) is 18.3 Å². The van der Waals surface area contributed by atoms with Crippen molar-refractivity contribution in [2.75, 3.05) is 6.54 Å². The Morgan fingerprint density at radius 1 is 1.38 bits per heavy atom. The molecule has 2 rings (SSSR count). The number of amides is 1. The van der Waals surface area contributed by atoms with E-state index >= 15 is 0 Å². The van der Waals surface area contributed by atoms with Gasteiger partial charge in [0.1, 0.15) is 11.4 Å². The summed E-state index contributed by atoms with van der Waals surface area (Å²) < 4.78 is 13.5. The van der Waals surface area contributed by atoms with Crippen molar-refractivity contribution in [2.24, 2.45) is 0 Å². The highest BCUT2D eigenvalue weighted by Crippen LogP contribution is 2.15. The van der Waals surface area contributed by atoms with Crippen molar-refractivity contribution >= 4 is 5.91 Å². The number of nitrogens with one attached hydrogen (secondary N) is 2. The van der Waals surface area contributed by atoms with Crippen LogP contribution in [0.2, 0.25) is 0 Å². The number of aliphatic hydroxyl groups excluding tert-OH is 1. The van der Waals surface area contributed by atoms with E-state index in [-0.39, 0.29) is 17.7 Å². The van der Waals surface area contributed by atoms with Gasteiger partial charge in [-0.3, -0.25) is 9.59 Å². The van der Waals surface area contributed by atoms with Gasteiger partial charge in [-0.1, -0.05) is 18.2 Å². The average Bonchev–Trinajstić information content (AvgIpc) is 2.45. The number of benzene rings is 1. The van der Waals surface area contributed by atoms with E-state index in [0.29, 0.717) is 5.56 Å². The summed E-state index contributed by atoms with van der Waals surface area (Å²) in [5.41, 5.74) is 0.0965. The number of carbonyl (C=O) groups excluding carboxylic acids is 1. The van der Waals surface area contributed by atoms with E-state index in [1.165, 1.54) is 24.4 Å². The Morgan fingerprint density at radius 2 is 2.10 bits per heavy atom. The third kappa shape index (κ3) is 3.35. The lowest BCUT2D eigenvalue weighted by Crippen LogP contribution is -2.33. The van der Waals surface area contributed by atoms with Crippen LogP contribution in [0.5, 0.6) is 0 Å². The Hall–Kier alpha value is -2.47. The Morgan fingerprint density at radius 3 is 2.76 bits per heavy atom. The molecule has 2 aromatic rings. The predicted molar refractivity (Wildman–Crippen MR) is 75.5 cm³/mol. The average molecular weight is 290 g/mol. The molecule has 0 fully saturated rings. The minimum atomic E-state index is -1.18. The van der Waals surface area contributed by atoms with Gasteiger partial charge in [-0.2, -0.15) is 0 Å². The summed E-state index contributed by atoms with van der Waals surface area (Å²) >= 11 is 0. The molecule has 1 amide bonds. The molecule has 5 nitrogen and oxygen atoms in total. The minimum absolute atomic E-state index is 0.0155. The van der Waals surface area contributed by atoms with Crippen molar-refractivity contribution in [1.29, 1.82) is 0 Å². The number of pyridine rings is 1. The minimum Gasteiger partial charge on any atom is -0.386 e. The normalized spacial score (nSPS) is 12.0. The Kier molecular flexibility index (Phi) is 4.49. The van der Waals surface area contributed by atoms with E-state index in [1.54, 1.807) is 19.1 Å². The van der Waals surface area contributed by atoms with E-state index in [1.807, 2.05) is 0 Å². The SMILES string of the molecule is Cc1cc[nH]c(=O)c1C(=O)NCC(O)c1ccccc1F. The molecule has 6 heteroatoms. The molecule has 0 spiro atoms. The zero-order valence-corrected chi connectivity index (χ0v) is 11.4. The van der Waals surface area contributed by atoms with Gasteiger partial charge in [-0.15, -0.1) is 0 Å². The molecule has 1 atom stereocenters. The van der Waals surface area contributed by atoms with Crippen molar-refractivity contribution in [2.45, 2.75) is 13.0 Å². The molecular weight excluding hydrogens is 275 g/mol. The molecule has 1 aromatic carbocycles. The van der Waals surface area contributed by atoms with Crippen LogP contribution in [0.15, 0.2) is 41.3 Å².